The number of rotatable bonds is 3. The summed E-state index contributed by atoms with van der Waals surface area (Å²) in [6.07, 6.45) is 3.82. The van der Waals surface area contributed by atoms with Crippen molar-refractivity contribution in [3.8, 4) is 10.6 Å². The Morgan fingerprint density at radius 2 is 1.62 bits per heavy atom. The van der Waals surface area contributed by atoms with Crippen molar-refractivity contribution in [1.29, 1.82) is 0 Å². The lowest BCUT2D eigenvalue weighted by Gasteiger charge is -2.15. The van der Waals surface area contributed by atoms with Gasteiger partial charge in [0.25, 0.3) is 5.91 Å². The van der Waals surface area contributed by atoms with E-state index in [2.05, 4.69) is 23.2 Å². The molecule has 0 N–H and O–H groups in total. The van der Waals surface area contributed by atoms with Crippen LogP contribution in [0.15, 0.2) is 72.9 Å². The molecule has 0 spiro atoms. The van der Waals surface area contributed by atoms with E-state index in [9.17, 15) is 4.79 Å². The van der Waals surface area contributed by atoms with E-state index in [4.69, 9.17) is 0 Å². The van der Waals surface area contributed by atoms with E-state index >= 15 is 0 Å². The van der Waals surface area contributed by atoms with Crippen molar-refractivity contribution in [1.82, 2.24) is 9.88 Å². The van der Waals surface area contributed by atoms with Crippen LogP contribution in [-0.2, 0) is 0 Å². The van der Waals surface area contributed by atoms with Gasteiger partial charge in [-0.3, -0.25) is 4.79 Å². The van der Waals surface area contributed by atoms with Gasteiger partial charge in [-0.2, -0.15) is 0 Å². The summed E-state index contributed by atoms with van der Waals surface area (Å²) < 4.78 is 0. The van der Waals surface area contributed by atoms with Crippen molar-refractivity contribution < 1.29 is 4.79 Å². The number of carbonyl (C=O) groups excluding carboxylic acids is 1. The zero-order chi connectivity index (χ0) is 16.4. The van der Waals surface area contributed by atoms with Gasteiger partial charge in [0.1, 0.15) is 9.88 Å². The van der Waals surface area contributed by atoms with Crippen LogP contribution in [0.3, 0.4) is 0 Å². The normalized spacial score (nSPS) is 13.8. The molecule has 0 radical (unpaired) electrons. The van der Waals surface area contributed by atoms with Crippen LogP contribution < -0.4 is 0 Å². The van der Waals surface area contributed by atoms with E-state index in [0.717, 1.165) is 10.6 Å². The lowest BCUT2D eigenvalue weighted by Crippen LogP contribution is -2.28. The molecular formula is C20H16N2OS. The summed E-state index contributed by atoms with van der Waals surface area (Å²) >= 11 is 1.45. The average Bonchev–Trinajstić information content (AvgIpc) is 3.33. The fraction of sp³-hybridized carbons (Fsp3) is 0.100. The molecule has 24 heavy (non-hydrogen) atoms. The molecule has 0 saturated carbocycles. The van der Waals surface area contributed by atoms with Gasteiger partial charge in [0.2, 0.25) is 0 Å². The fourth-order valence-electron chi connectivity index (χ4n) is 2.81. The standard InChI is InChI=1S/C20H16N2OS/c23-20(18-13-21-19(24-18)16-9-5-2-6-10-16)22-12-11-17(14-22)15-7-3-1-4-8-15/h1-11,13H,12,14H2. The number of carbonyl (C=O) groups is 1. The third-order valence-electron chi connectivity index (χ3n) is 4.09. The van der Waals surface area contributed by atoms with Gasteiger partial charge < -0.3 is 4.90 Å². The molecule has 0 aliphatic carbocycles. The van der Waals surface area contributed by atoms with Crippen LogP contribution in [0.5, 0.6) is 0 Å². The number of aromatic nitrogens is 1. The van der Waals surface area contributed by atoms with Crippen LogP contribution in [0.1, 0.15) is 15.2 Å². The maximum atomic E-state index is 12.7. The predicted molar refractivity (Wildman–Crippen MR) is 97.9 cm³/mol. The molecule has 1 aliphatic rings. The highest BCUT2D eigenvalue weighted by Gasteiger charge is 2.23. The van der Waals surface area contributed by atoms with Crippen molar-refractivity contribution in [2.75, 3.05) is 13.1 Å². The molecule has 4 rings (SSSR count). The molecule has 0 unspecified atom stereocenters. The predicted octanol–water partition coefficient (Wildman–Crippen LogP) is 4.35. The molecule has 0 atom stereocenters. The Hall–Kier alpha value is -2.72. The first kappa shape index (κ1) is 14.8. The number of hydrogen-bond acceptors (Lipinski definition) is 3. The molecular weight excluding hydrogens is 316 g/mol. The molecule has 0 fully saturated rings. The minimum absolute atomic E-state index is 0.0527. The molecule has 3 nitrogen and oxygen atoms in total. The second-order valence-electron chi connectivity index (χ2n) is 5.68. The van der Waals surface area contributed by atoms with Crippen LogP contribution >= 0.6 is 11.3 Å². The third kappa shape index (κ3) is 2.88. The Kier molecular flexibility index (Phi) is 3.97. The van der Waals surface area contributed by atoms with Crippen molar-refractivity contribution in [3.05, 3.63) is 83.4 Å². The Bertz CT molecular complexity index is 884. The molecule has 2 aromatic carbocycles. The molecule has 1 aliphatic heterocycles. The average molecular weight is 332 g/mol. The smallest absolute Gasteiger partial charge is 0.266 e. The zero-order valence-corrected chi connectivity index (χ0v) is 13.9. The fourth-order valence-corrected chi connectivity index (χ4v) is 3.70. The quantitative estimate of drug-likeness (QED) is 0.714. The summed E-state index contributed by atoms with van der Waals surface area (Å²) in [7, 11) is 0. The summed E-state index contributed by atoms with van der Waals surface area (Å²) in [5.74, 6) is 0.0527. The summed E-state index contributed by atoms with van der Waals surface area (Å²) in [6.45, 7) is 1.31. The van der Waals surface area contributed by atoms with Crippen LogP contribution in [0.4, 0.5) is 0 Å². The molecule has 4 heteroatoms. The molecule has 3 aromatic rings. The second kappa shape index (κ2) is 6.42. The van der Waals surface area contributed by atoms with Gasteiger partial charge in [0.05, 0.1) is 6.20 Å². The minimum Gasteiger partial charge on any atom is -0.330 e. The highest BCUT2D eigenvalue weighted by atomic mass is 32.1. The molecule has 1 aromatic heterocycles. The Morgan fingerprint density at radius 1 is 0.958 bits per heavy atom. The molecule has 118 valence electrons. The maximum absolute atomic E-state index is 12.7. The summed E-state index contributed by atoms with van der Waals surface area (Å²) in [5.41, 5.74) is 3.44. The first-order valence-corrected chi connectivity index (χ1v) is 8.68. The first-order chi connectivity index (χ1) is 11.8. The molecule has 1 amide bonds. The zero-order valence-electron chi connectivity index (χ0n) is 13.1. The van der Waals surface area contributed by atoms with Gasteiger partial charge in [-0.15, -0.1) is 11.3 Å². The summed E-state index contributed by atoms with van der Waals surface area (Å²) in [6, 6.07) is 20.2. The molecule has 0 bridgehead atoms. The third-order valence-corrected chi connectivity index (χ3v) is 5.12. The Morgan fingerprint density at radius 3 is 2.33 bits per heavy atom. The lowest BCUT2D eigenvalue weighted by molar-refractivity contribution is 0.0806. The van der Waals surface area contributed by atoms with Gasteiger partial charge in [-0.05, 0) is 11.1 Å². The number of amides is 1. The summed E-state index contributed by atoms with van der Waals surface area (Å²) in [5, 5.41) is 0.884. The molecule has 2 heterocycles. The van der Waals surface area contributed by atoms with E-state index in [-0.39, 0.29) is 5.91 Å². The van der Waals surface area contributed by atoms with Crippen molar-refractivity contribution in [3.63, 3.8) is 0 Å². The van der Waals surface area contributed by atoms with E-state index in [1.54, 1.807) is 6.20 Å². The van der Waals surface area contributed by atoms with Crippen molar-refractivity contribution in [2.45, 2.75) is 0 Å². The lowest BCUT2D eigenvalue weighted by atomic mass is 10.1. The van der Waals surface area contributed by atoms with Crippen molar-refractivity contribution in [2.24, 2.45) is 0 Å². The van der Waals surface area contributed by atoms with Gasteiger partial charge in [-0.25, -0.2) is 4.98 Å². The van der Waals surface area contributed by atoms with E-state index in [0.29, 0.717) is 18.0 Å². The topological polar surface area (TPSA) is 33.2 Å². The van der Waals surface area contributed by atoms with Gasteiger partial charge >= 0.3 is 0 Å². The number of hydrogen-bond donors (Lipinski definition) is 0. The van der Waals surface area contributed by atoms with Gasteiger partial charge in [0, 0.05) is 18.7 Å². The second-order valence-corrected chi connectivity index (χ2v) is 6.71. The summed E-state index contributed by atoms with van der Waals surface area (Å²) in [4.78, 5) is 19.7. The van der Waals surface area contributed by atoms with Crippen molar-refractivity contribution >= 4 is 22.8 Å². The monoisotopic (exact) mass is 332 g/mol. The van der Waals surface area contributed by atoms with E-state index in [1.165, 1.54) is 22.5 Å². The van der Waals surface area contributed by atoms with Crippen LogP contribution in [0.25, 0.3) is 16.1 Å². The van der Waals surface area contributed by atoms with Gasteiger partial charge in [0.15, 0.2) is 0 Å². The highest BCUT2D eigenvalue weighted by molar-refractivity contribution is 7.16. The highest BCUT2D eigenvalue weighted by Crippen LogP contribution is 2.28. The SMILES string of the molecule is O=C(c1cnc(-c2ccccc2)s1)N1CC=C(c2ccccc2)C1. The maximum Gasteiger partial charge on any atom is 0.266 e. The van der Waals surface area contributed by atoms with E-state index in [1.807, 2.05) is 53.4 Å². The van der Waals surface area contributed by atoms with E-state index < -0.39 is 0 Å². The van der Waals surface area contributed by atoms with Crippen LogP contribution in [0.2, 0.25) is 0 Å². The first-order valence-electron chi connectivity index (χ1n) is 7.86. The number of benzene rings is 2. The van der Waals surface area contributed by atoms with Gasteiger partial charge in [-0.1, -0.05) is 66.7 Å². The van der Waals surface area contributed by atoms with Crippen LogP contribution in [-0.4, -0.2) is 28.9 Å². The Labute approximate surface area is 144 Å². The number of nitrogens with zero attached hydrogens (tertiary/aromatic N) is 2. The largest absolute Gasteiger partial charge is 0.330 e. The number of thiazole rings is 1. The van der Waals surface area contributed by atoms with Crippen LogP contribution in [0, 0.1) is 0 Å². The minimum atomic E-state index is 0.0527. The Balaban J connectivity index is 1.49. The molecule has 0 saturated heterocycles.